The van der Waals surface area contributed by atoms with E-state index in [-0.39, 0.29) is 27.2 Å². The van der Waals surface area contributed by atoms with Crippen molar-refractivity contribution in [2.45, 2.75) is 0 Å². The van der Waals surface area contributed by atoms with Gasteiger partial charge in [-0.15, -0.1) is 0 Å². The first-order chi connectivity index (χ1) is 9.88. The van der Waals surface area contributed by atoms with Crippen molar-refractivity contribution in [2.75, 3.05) is 0 Å². The van der Waals surface area contributed by atoms with Gasteiger partial charge in [0, 0.05) is 17.7 Å². The van der Waals surface area contributed by atoms with Gasteiger partial charge in [0.15, 0.2) is 0 Å². The lowest BCUT2D eigenvalue weighted by molar-refractivity contribution is -0.385. The van der Waals surface area contributed by atoms with Crippen LogP contribution in [-0.2, 0) is 0 Å². The summed E-state index contributed by atoms with van der Waals surface area (Å²) in [5, 5.41) is 11.0. The third-order valence-electron chi connectivity index (χ3n) is 2.55. The van der Waals surface area contributed by atoms with E-state index in [0.717, 1.165) is 24.3 Å². The lowest BCUT2D eigenvalue weighted by atomic mass is 10.2. The van der Waals surface area contributed by atoms with Gasteiger partial charge in [0.05, 0.1) is 9.40 Å². The van der Waals surface area contributed by atoms with Gasteiger partial charge >= 0.3 is 5.69 Å². The molecule has 0 aliphatic rings. The monoisotopic (exact) mass is 354 g/mol. The number of hydrogen-bond acceptors (Lipinski definition) is 4. The highest BCUT2D eigenvalue weighted by molar-refractivity contribution is 9.10. The van der Waals surface area contributed by atoms with Gasteiger partial charge in [0.2, 0.25) is 11.7 Å². The van der Waals surface area contributed by atoms with E-state index in [9.17, 15) is 19.3 Å². The zero-order valence-electron chi connectivity index (χ0n) is 10.4. The molecule has 2 aromatic carbocycles. The van der Waals surface area contributed by atoms with Crippen molar-refractivity contribution in [1.29, 1.82) is 0 Å². The average Bonchev–Trinajstić information content (AvgIpc) is 2.41. The van der Waals surface area contributed by atoms with Crippen LogP contribution in [0.25, 0.3) is 0 Å². The van der Waals surface area contributed by atoms with Crippen molar-refractivity contribution in [3.8, 4) is 11.5 Å². The number of halogens is 2. The SMILES string of the molecule is NC(=O)c1ccc([N+](=O)[O-])c(Oc2ccc(F)cc2Br)c1. The highest BCUT2D eigenvalue weighted by atomic mass is 79.9. The number of primary amides is 1. The molecular formula is C13H8BrFN2O4. The van der Waals surface area contributed by atoms with E-state index in [1.807, 2.05) is 0 Å². The minimum Gasteiger partial charge on any atom is -0.449 e. The van der Waals surface area contributed by atoms with E-state index in [4.69, 9.17) is 10.5 Å². The predicted octanol–water partition coefficient (Wildman–Crippen LogP) is 3.39. The molecule has 0 bridgehead atoms. The Hall–Kier alpha value is -2.48. The van der Waals surface area contributed by atoms with Crippen LogP contribution in [0.15, 0.2) is 40.9 Å². The zero-order valence-corrected chi connectivity index (χ0v) is 12.0. The number of carbonyl (C=O) groups is 1. The van der Waals surface area contributed by atoms with Crippen LogP contribution in [0.5, 0.6) is 11.5 Å². The molecule has 0 aromatic heterocycles. The maximum Gasteiger partial charge on any atom is 0.311 e. The molecule has 2 aromatic rings. The second-order valence-electron chi connectivity index (χ2n) is 3.98. The summed E-state index contributed by atoms with van der Waals surface area (Å²) < 4.78 is 18.7. The molecular weight excluding hydrogens is 347 g/mol. The molecule has 108 valence electrons. The van der Waals surface area contributed by atoms with Crippen LogP contribution in [0.1, 0.15) is 10.4 Å². The van der Waals surface area contributed by atoms with Crippen LogP contribution in [0.3, 0.4) is 0 Å². The van der Waals surface area contributed by atoms with Gasteiger partial charge in [-0.25, -0.2) is 4.39 Å². The van der Waals surface area contributed by atoms with Crippen molar-refractivity contribution < 1.29 is 18.8 Å². The van der Waals surface area contributed by atoms with Crippen LogP contribution in [0, 0.1) is 15.9 Å². The summed E-state index contributed by atoms with van der Waals surface area (Å²) in [6, 6.07) is 7.11. The quantitative estimate of drug-likeness (QED) is 0.672. The molecule has 2 rings (SSSR count). The van der Waals surface area contributed by atoms with Gasteiger partial charge in [-0.1, -0.05) is 0 Å². The predicted molar refractivity (Wildman–Crippen MR) is 75.8 cm³/mol. The van der Waals surface area contributed by atoms with Crippen molar-refractivity contribution in [3.63, 3.8) is 0 Å². The number of nitrogens with two attached hydrogens (primary N) is 1. The third-order valence-corrected chi connectivity index (χ3v) is 3.17. The molecule has 0 aliphatic heterocycles. The summed E-state index contributed by atoms with van der Waals surface area (Å²) in [5.41, 5.74) is 4.86. The molecule has 0 unspecified atom stereocenters. The first kappa shape index (κ1) is 14.9. The summed E-state index contributed by atoms with van der Waals surface area (Å²) in [7, 11) is 0. The number of amides is 1. The number of nitro benzene ring substituents is 1. The van der Waals surface area contributed by atoms with E-state index in [2.05, 4.69) is 15.9 Å². The second-order valence-corrected chi connectivity index (χ2v) is 4.84. The number of ether oxygens (including phenoxy) is 1. The smallest absolute Gasteiger partial charge is 0.311 e. The van der Waals surface area contributed by atoms with Crippen molar-refractivity contribution in [3.05, 3.63) is 62.4 Å². The van der Waals surface area contributed by atoms with Crippen LogP contribution >= 0.6 is 15.9 Å². The van der Waals surface area contributed by atoms with Gasteiger partial charge in [0.1, 0.15) is 11.6 Å². The van der Waals surface area contributed by atoms with Crippen LogP contribution in [-0.4, -0.2) is 10.8 Å². The summed E-state index contributed by atoms with van der Waals surface area (Å²) >= 11 is 3.09. The fourth-order valence-corrected chi connectivity index (χ4v) is 2.01. The topological polar surface area (TPSA) is 95.5 Å². The molecule has 0 heterocycles. The Morgan fingerprint density at radius 3 is 2.52 bits per heavy atom. The Morgan fingerprint density at radius 1 is 1.24 bits per heavy atom. The number of benzene rings is 2. The van der Waals surface area contributed by atoms with Crippen LogP contribution in [0.4, 0.5) is 10.1 Å². The molecule has 0 spiro atoms. The fraction of sp³-hybridized carbons (Fsp3) is 0. The molecule has 0 radical (unpaired) electrons. The molecule has 2 N–H and O–H groups in total. The van der Waals surface area contributed by atoms with Crippen molar-refractivity contribution in [1.82, 2.24) is 0 Å². The minimum atomic E-state index is -0.743. The Bertz CT molecular complexity index is 736. The van der Waals surface area contributed by atoms with Crippen molar-refractivity contribution >= 4 is 27.5 Å². The second kappa shape index (κ2) is 5.88. The molecule has 21 heavy (non-hydrogen) atoms. The first-order valence-electron chi connectivity index (χ1n) is 5.59. The number of nitro groups is 1. The lowest BCUT2D eigenvalue weighted by Crippen LogP contribution is -2.11. The normalized spacial score (nSPS) is 10.2. The maximum absolute atomic E-state index is 13.0. The minimum absolute atomic E-state index is 0.0637. The third kappa shape index (κ3) is 3.34. The van der Waals surface area contributed by atoms with E-state index < -0.39 is 16.6 Å². The highest BCUT2D eigenvalue weighted by Gasteiger charge is 2.19. The number of hydrogen-bond donors (Lipinski definition) is 1. The van der Waals surface area contributed by atoms with Gasteiger partial charge in [-0.05, 0) is 40.2 Å². The Morgan fingerprint density at radius 2 is 1.95 bits per heavy atom. The number of carbonyl (C=O) groups excluding carboxylic acids is 1. The molecule has 8 heteroatoms. The molecule has 0 saturated carbocycles. The Kier molecular flexibility index (Phi) is 4.18. The standard InChI is InChI=1S/C13H8BrFN2O4/c14-9-6-8(15)2-4-11(9)21-12-5-7(13(16)18)1-3-10(12)17(19)20/h1-6H,(H2,16,18). The molecule has 6 nitrogen and oxygen atoms in total. The fourth-order valence-electron chi connectivity index (χ4n) is 1.58. The van der Waals surface area contributed by atoms with Gasteiger partial charge < -0.3 is 10.5 Å². The first-order valence-corrected chi connectivity index (χ1v) is 6.39. The average molecular weight is 355 g/mol. The molecule has 0 fully saturated rings. The number of nitrogens with zero attached hydrogens (tertiary/aromatic N) is 1. The molecule has 1 amide bonds. The summed E-state index contributed by atoms with van der Waals surface area (Å²) in [4.78, 5) is 21.5. The summed E-state index contributed by atoms with van der Waals surface area (Å²) in [6.07, 6.45) is 0. The lowest BCUT2D eigenvalue weighted by Gasteiger charge is -2.09. The molecule has 0 atom stereocenters. The van der Waals surface area contributed by atoms with E-state index >= 15 is 0 Å². The van der Waals surface area contributed by atoms with Gasteiger partial charge in [-0.3, -0.25) is 14.9 Å². The molecule has 0 aliphatic carbocycles. The van der Waals surface area contributed by atoms with Crippen molar-refractivity contribution in [2.24, 2.45) is 5.73 Å². The zero-order chi connectivity index (χ0) is 15.6. The van der Waals surface area contributed by atoms with Crippen LogP contribution in [0.2, 0.25) is 0 Å². The Balaban J connectivity index is 2.48. The van der Waals surface area contributed by atoms with E-state index in [1.165, 1.54) is 12.1 Å². The number of rotatable bonds is 4. The van der Waals surface area contributed by atoms with E-state index in [1.54, 1.807) is 0 Å². The Labute approximate surface area is 126 Å². The van der Waals surface area contributed by atoms with Gasteiger partial charge in [-0.2, -0.15) is 0 Å². The summed E-state index contributed by atoms with van der Waals surface area (Å²) in [5.74, 6) is -1.23. The van der Waals surface area contributed by atoms with Crippen LogP contribution < -0.4 is 10.5 Å². The maximum atomic E-state index is 13.0. The summed E-state index contributed by atoms with van der Waals surface area (Å²) in [6.45, 7) is 0. The highest BCUT2D eigenvalue weighted by Crippen LogP contribution is 2.35. The van der Waals surface area contributed by atoms with E-state index in [0.29, 0.717) is 0 Å². The molecule has 0 saturated heterocycles. The van der Waals surface area contributed by atoms with Gasteiger partial charge in [0.25, 0.3) is 0 Å². The largest absolute Gasteiger partial charge is 0.449 e.